The van der Waals surface area contributed by atoms with E-state index in [9.17, 15) is 22.8 Å². The van der Waals surface area contributed by atoms with Crippen molar-refractivity contribution in [2.75, 3.05) is 18.1 Å². The maximum absolute atomic E-state index is 11.8. The number of ketones is 1. The van der Waals surface area contributed by atoms with E-state index in [-0.39, 0.29) is 48.8 Å². The summed E-state index contributed by atoms with van der Waals surface area (Å²) in [4.78, 5) is 35.5. The molecule has 0 radical (unpaired) electrons. The fourth-order valence-corrected chi connectivity index (χ4v) is 2.44. The first-order chi connectivity index (χ1) is 9.75. The number of nitrogens with zero attached hydrogens (tertiary/aromatic N) is 1. The summed E-state index contributed by atoms with van der Waals surface area (Å²) in [6, 6.07) is 3.12. The molecule has 0 saturated heterocycles. The van der Waals surface area contributed by atoms with Gasteiger partial charge in [-0.15, -0.1) is 0 Å². The Kier molecular flexibility index (Phi) is 5.88. The molecule has 1 amide bonds. The molecule has 0 aliphatic carbocycles. The Labute approximate surface area is 150 Å². The number of hydrogen-bond acceptors (Lipinski definition) is 6. The van der Waals surface area contributed by atoms with Crippen molar-refractivity contribution < 1.29 is 63.1 Å². The van der Waals surface area contributed by atoms with Crippen LogP contribution in [0.4, 0.5) is 5.69 Å². The second-order valence-electron chi connectivity index (χ2n) is 4.18. The van der Waals surface area contributed by atoms with E-state index in [0.29, 0.717) is 0 Å². The minimum atomic E-state index is -4.49. The van der Waals surface area contributed by atoms with Gasteiger partial charge in [0, 0.05) is 0 Å². The first-order valence-corrected chi connectivity index (χ1v) is 7.33. The van der Waals surface area contributed by atoms with Crippen molar-refractivity contribution in [1.29, 1.82) is 0 Å². The van der Waals surface area contributed by atoms with Crippen molar-refractivity contribution in [3.8, 4) is 0 Å². The Morgan fingerprint density at radius 1 is 1.36 bits per heavy atom. The van der Waals surface area contributed by atoms with Gasteiger partial charge in [0.05, 0.1) is 22.8 Å². The van der Waals surface area contributed by atoms with Gasteiger partial charge in [0.25, 0.3) is 21.8 Å². The molecule has 1 aromatic carbocycles. The predicted molar refractivity (Wildman–Crippen MR) is 70.7 cm³/mol. The summed E-state index contributed by atoms with van der Waals surface area (Å²) in [6.07, 6.45) is 0. The molecular weight excluding hydrogens is 325 g/mol. The smallest absolute Gasteiger partial charge is 1.00 e. The standard InChI is InChI=1S/C12H11NO7S.Na.H/c1-2-20-10(14)6-13-9-4-3-7(21(17,18)19)5-8(9)11(15)12(13)16;;/h3-5H,2,6H2,1H3,(H,17,18,19);;/q;+1;-1. The van der Waals surface area contributed by atoms with E-state index >= 15 is 0 Å². The van der Waals surface area contributed by atoms with Crippen molar-refractivity contribution in [2.24, 2.45) is 0 Å². The molecule has 1 aliphatic rings. The van der Waals surface area contributed by atoms with Gasteiger partial charge in [-0.05, 0) is 25.1 Å². The van der Waals surface area contributed by atoms with Gasteiger partial charge in [-0.3, -0.25) is 23.8 Å². The van der Waals surface area contributed by atoms with Crippen LogP contribution in [-0.2, 0) is 24.4 Å². The molecule has 0 saturated carbocycles. The van der Waals surface area contributed by atoms with Crippen LogP contribution in [0.5, 0.6) is 0 Å². The Morgan fingerprint density at radius 2 is 2.00 bits per heavy atom. The molecule has 22 heavy (non-hydrogen) atoms. The van der Waals surface area contributed by atoms with Gasteiger partial charge in [-0.1, -0.05) is 0 Å². The SMILES string of the molecule is CCOC(=O)CN1C(=O)C(=O)c2cc(S(=O)(=O)O)ccc21.[H-].[Na+]. The zero-order valence-corrected chi connectivity index (χ0v) is 14.7. The number of rotatable bonds is 4. The predicted octanol–water partition coefficient (Wildman–Crippen LogP) is -2.86. The Balaban J connectivity index is 0.00000242. The Morgan fingerprint density at radius 3 is 2.55 bits per heavy atom. The van der Waals surface area contributed by atoms with Gasteiger partial charge >= 0.3 is 35.5 Å². The first kappa shape index (κ1) is 18.8. The van der Waals surface area contributed by atoms with Gasteiger partial charge in [0.1, 0.15) is 6.54 Å². The average Bonchev–Trinajstić information content (AvgIpc) is 2.63. The number of Topliss-reactive ketones (excluding diaryl/α,β-unsaturated/α-hetero) is 1. The van der Waals surface area contributed by atoms with Crippen LogP contribution in [0.25, 0.3) is 0 Å². The number of hydrogen-bond donors (Lipinski definition) is 1. The molecule has 2 rings (SSSR count). The number of benzene rings is 1. The summed E-state index contributed by atoms with van der Waals surface area (Å²) in [5, 5.41) is 0. The number of fused-ring (bicyclic) bond motifs is 1. The molecule has 1 aliphatic heterocycles. The van der Waals surface area contributed by atoms with Crippen LogP contribution in [0.1, 0.15) is 18.7 Å². The molecule has 10 heteroatoms. The van der Waals surface area contributed by atoms with E-state index in [1.807, 2.05) is 0 Å². The summed E-state index contributed by atoms with van der Waals surface area (Å²) in [6.45, 7) is 1.28. The average molecular weight is 337 g/mol. The summed E-state index contributed by atoms with van der Waals surface area (Å²) < 4.78 is 35.7. The maximum Gasteiger partial charge on any atom is 1.00 e. The molecule has 1 heterocycles. The summed E-state index contributed by atoms with van der Waals surface area (Å²) in [7, 11) is -4.49. The molecular formula is C12H12NNaO7S. The van der Waals surface area contributed by atoms with E-state index < -0.39 is 39.2 Å². The normalized spacial score (nSPS) is 13.6. The van der Waals surface area contributed by atoms with Crippen molar-refractivity contribution in [2.45, 2.75) is 11.8 Å². The second-order valence-corrected chi connectivity index (χ2v) is 5.60. The van der Waals surface area contributed by atoms with Crippen molar-refractivity contribution in [3.05, 3.63) is 23.8 Å². The molecule has 0 aromatic heterocycles. The van der Waals surface area contributed by atoms with Crippen LogP contribution in [0.3, 0.4) is 0 Å². The molecule has 0 bridgehead atoms. The third kappa shape index (κ3) is 3.55. The number of anilines is 1. The number of carbonyl (C=O) groups excluding carboxylic acids is 3. The molecule has 0 spiro atoms. The minimum absolute atomic E-state index is 0. The third-order valence-electron chi connectivity index (χ3n) is 2.83. The van der Waals surface area contributed by atoms with Gasteiger partial charge in [0.2, 0.25) is 0 Å². The number of ether oxygens (including phenoxy) is 1. The maximum atomic E-state index is 11.8. The first-order valence-electron chi connectivity index (χ1n) is 5.89. The Bertz CT molecular complexity index is 750. The van der Waals surface area contributed by atoms with Crippen LogP contribution in [-0.4, -0.2) is 43.8 Å². The van der Waals surface area contributed by atoms with Crippen LogP contribution in [0.15, 0.2) is 23.1 Å². The molecule has 0 unspecified atom stereocenters. The van der Waals surface area contributed by atoms with E-state index in [1.54, 1.807) is 6.92 Å². The molecule has 114 valence electrons. The third-order valence-corrected chi connectivity index (χ3v) is 3.68. The zero-order chi connectivity index (χ0) is 15.8. The minimum Gasteiger partial charge on any atom is -1.00 e. The van der Waals surface area contributed by atoms with Crippen molar-refractivity contribution in [1.82, 2.24) is 0 Å². The van der Waals surface area contributed by atoms with Gasteiger partial charge in [-0.25, -0.2) is 0 Å². The number of carbonyl (C=O) groups is 3. The largest absolute Gasteiger partial charge is 1.00 e. The van der Waals surface area contributed by atoms with Crippen LogP contribution in [0.2, 0.25) is 0 Å². The molecule has 1 aromatic rings. The monoisotopic (exact) mass is 337 g/mol. The summed E-state index contributed by atoms with van der Waals surface area (Å²) in [5.41, 5.74) is -0.0788. The molecule has 0 atom stereocenters. The summed E-state index contributed by atoms with van der Waals surface area (Å²) in [5.74, 6) is -2.59. The van der Waals surface area contributed by atoms with Crippen molar-refractivity contribution >= 4 is 33.5 Å². The fraction of sp³-hybridized carbons (Fsp3) is 0.250. The molecule has 0 fully saturated rings. The summed E-state index contributed by atoms with van der Waals surface area (Å²) >= 11 is 0. The van der Waals surface area contributed by atoms with Crippen molar-refractivity contribution in [3.63, 3.8) is 0 Å². The second kappa shape index (κ2) is 6.88. The molecule has 8 nitrogen and oxygen atoms in total. The van der Waals surface area contributed by atoms with E-state index in [0.717, 1.165) is 17.0 Å². The van der Waals surface area contributed by atoms with E-state index in [2.05, 4.69) is 0 Å². The fourth-order valence-electron chi connectivity index (χ4n) is 1.93. The Hall–Kier alpha value is -1.26. The van der Waals surface area contributed by atoms with Gasteiger partial charge < -0.3 is 6.16 Å². The van der Waals surface area contributed by atoms with Crippen LogP contribution in [0, 0.1) is 0 Å². The quantitative estimate of drug-likeness (QED) is 0.272. The molecule has 1 N–H and O–H groups in total. The zero-order valence-electron chi connectivity index (χ0n) is 12.9. The topological polar surface area (TPSA) is 118 Å². The van der Waals surface area contributed by atoms with E-state index in [1.165, 1.54) is 6.07 Å². The van der Waals surface area contributed by atoms with Crippen LogP contribution >= 0.6 is 0 Å². The number of esters is 1. The van der Waals surface area contributed by atoms with Gasteiger partial charge in [0.15, 0.2) is 0 Å². The van der Waals surface area contributed by atoms with E-state index in [4.69, 9.17) is 9.29 Å². The van der Waals surface area contributed by atoms with Crippen LogP contribution < -0.4 is 34.5 Å². The number of amides is 1. The van der Waals surface area contributed by atoms with Gasteiger partial charge in [-0.2, -0.15) is 8.42 Å².